The maximum Gasteiger partial charge on any atom is 0.326 e. The highest BCUT2D eigenvalue weighted by molar-refractivity contribution is 9.10. The number of carbonyl (C=O) groups is 3. The van der Waals surface area contributed by atoms with Crippen LogP contribution >= 0.6 is 27.7 Å². The van der Waals surface area contributed by atoms with E-state index in [1.54, 1.807) is 19.1 Å². The minimum Gasteiger partial charge on any atom is -0.465 e. The number of halogens is 1. The van der Waals surface area contributed by atoms with Gasteiger partial charge in [-0.15, -0.1) is 0 Å². The van der Waals surface area contributed by atoms with Gasteiger partial charge in [-0.05, 0) is 43.0 Å². The Hall–Kier alpha value is -2.32. The van der Waals surface area contributed by atoms with Crippen molar-refractivity contribution in [3.63, 3.8) is 0 Å². The highest BCUT2D eigenvalue weighted by Crippen LogP contribution is 2.33. The summed E-state index contributed by atoms with van der Waals surface area (Å²) in [6.45, 7) is 1.46. The minimum absolute atomic E-state index is 0.190. The van der Waals surface area contributed by atoms with E-state index in [4.69, 9.17) is 9.15 Å². The van der Waals surface area contributed by atoms with Gasteiger partial charge in [0.15, 0.2) is 0 Å². The van der Waals surface area contributed by atoms with Gasteiger partial charge < -0.3 is 9.15 Å². The summed E-state index contributed by atoms with van der Waals surface area (Å²) in [5.74, 6) is -0.0654. The average molecular weight is 436 g/mol. The van der Waals surface area contributed by atoms with Gasteiger partial charge in [-0.2, -0.15) is 0 Å². The summed E-state index contributed by atoms with van der Waals surface area (Å²) in [4.78, 5) is 36.9. The molecule has 3 rings (SSSR count). The molecule has 0 unspecified atom stereocenters. The minimum atomic E-state index is -0.619. The van der Waals surface area contributed by atoms with E-state index >= 15 is 0 Å². The molecule has 1 aliphatic heterocycles. The molecule has 2 aromatic rings. The largest absolute Gasteiger partial charge is 0.465 e. The zero-order valence-electron chi connectivity index (χ0n) is 13.7. The van der Waals surface area contributed by atoms with E-state index in [2.05, 4.69) is 15.9 Å². The fourth-order valence-electron chi connectivity index (χ4n) is 2.33. The number of ether oxygens (including phenoxy) is 1. The van der Waals surface area contributed by atoms with E-state index in [0.29, 0.717) is 11.5 Å². The van der Waals surface area contributed by atoms with E-state index < -0.39 is 23.7 Å². The van der Waals surface area contributed by atoms with Crippen molar-refractivity contribution < 1.29 is 23.5 Å². The molecule has 134 valence electrons. The summed E-state index contributed by atoms with van der Waals surface area (Å²) >= 11 is 4.17. The van der Waals surface area contributed by atoms with Crippen LogP contribution in [0.25, 0.3) is 17.4 Å². The van der Waals surface area contributed by atoms with Crippen LogP contribution in [0.4, 0.5) is 4.79 Å². The fourth-order valence-corrected chi connectivity index (χ4v) is 3.55. The summed E-state index contributed by atoms with van der Waals surface area (Å²) in [6.07, 6.45) is 1.50. The molecular formula is C18H14BrNO5S. The first-order valence-electron chi connectivity index (χ1n) is 7.74. The average Bonchev–Trinajstić information content (AvgIpc) is 3.16. The van der Waals surface area contributed by atoms with E-state index in [1.807, 2.05) is 24.3 Å². The zero-order valence-corrected chi connectivity index (χ0v) is 16.1. The predicted octanol–water partition coefficient (Wildman–Crippen LogP) is 4.31. The Kier molecular flexibility index (Phi) is 5.63. The lowest BCUT2D eigenvalue weighted by atomic mass is 10.2. The van der Waals surface area contributed by atoms with Gasteiger partial charge in [0, 0.05) is 16.1 Å². The molecule has 1 aliphatic rings. The predicted molar refractivity (Wildman–Crippen MR) is 101 cm³/mol. The highest BCUT2D eigenvalue weighted by atomic mass is 79.9. The first kappa shape index (κ1) is 18.5. The number of thioether (sulfide) groups is 1. The van der Waals surface area contributed by atoms with Gasteiger partial charge in [-0.25, -0.2) is 0 Å². The molecule has 0 aliphatic carbocycles. The second-order valence-electron chi connectivity index (χ2n) is 5.29. The molecule has 2 heterocycles. The number of hydrogen-bond donors (Lipinski definition) is 0. The van der Waals surface area contributed by atoms with E-state index in [0.717, 1.165) is 26.7 Å². The van der Waals surface area contributed by atoms with Crippen molar-refractivity contribution in [2.45, 2.75) is 6.92 Å². The van der Waals surface area contributed by atoms with Gasteiger partial charge in [0.2, 0.25) is 0 Å². The Morgan fingerprint density at radius 2 is 2.12 bits per heavy atom. The lowest BCUT2D eigenvalue weighted by Gasteiger charge is -2.10. The zero-order chi connectivity index (χ0) is 18.7. The standard InChI is InChI=1S/C18H14BrNO5S/c1-2-24-16(21)10-20-17(22)15(26-18(20)23)9-13-6-7-14(25-13)11-4-3-5-12(19)8-11/h3-9H,2,10H2,1H3/b15-9-. The van der Waals surface area contributed by atoms with Crippen LogP contribution in [0, 0.1) is 0 Å². The monoisotopic (exact) mass is 435 g/mol. The van der Waals surface area contributed by atoms with Gasteiger partial charge in [0.25, 0.3) is 11.1 Å². The van der Waals surface area contributed by atoms with Crippen molar-refractivity contribution >= 4 is 50.9 Å². The molecular weight excluding hydrogens is 422 g/mol. The smallest absolute Gasteiger partial charge is 0.326 e. The van der Waals surface area contributed by atoms with E-state index in [-0.39, 0.29) is 11.5 Å². The van der Waals surface area contributed by atoms with Crippen LogP contribution in [-0.4, -0.2) is 35.2 Å². The molecule has 8 heteroatoms. The van der Waals surface area contributed by atoms with Crippen LogP contribution in [-0.2, 0) is 14.3 Å². The molecule has 0 saturated carbocycles. The maximum absolute atomic E-state index is 12.3. The molecule has 1 saturated heterocycles. The van der Waals surface area contributed by atoms with Gasteiger partial charge in [-0.1, -0.05) is 28.1 Å². The Bertz CT molecular complexity index is 904. The number of carbonyl (C=O) groups excluding carboxylic acids is 3. The summed E-state index contributed by atoms with van der Waals surface area (Å²) in [6, 6.07) is 11.1. The number of furan rings is 1. The number of hydrogen-bond acceptors (Lipinski definition) is 6. The lowest BCUT2D eigenvalue weighted by Crippen LogP contribution is -2.34. The number of nitrogens with zero attached hydrogens (tertiary/aromatic N) is 1. The number of benzene rings is 1. The van der Waals surface area contributed by atoms with Gasteiger partial charge >= 0.3 is 5.97 Å². The summed E-state index contributed by atoms with van der Waals surface area (Å²) in [7, 11) is 0. The molecule has 0 N–H and O–H groups in total. The molecule has 2 amide bonds. The van der Waals surface area contributed by atoms with E-state index in [9.17, 15) is 14.4 Å². The molecule has 26 heavy (non-hydrogen) atoms. The first-order chi connectivity index (χ1) is 12.5. The molecule has 0 bridgehead atoms. The van der Waals surface area contributed by atoms with Crippen LogP contribution < -0.4 is 0 Å². The summed E-state index contributed by atoms with van der Waals surface area (Å²) < 4.78 is 11.4. The molecule has 0 spiro atoms. The first-order valence-corrected chi connectivity index (χ1v) is 9.35. The molecule has 0 radical (unpaired) electrons. The molecule has 6 nitrogen and oxygen atoms in total. The summed E-state index contributed by atoms with van der Waals surface area (Å²) in [5.41, 5.74) is 0.884. The molecule has 1 aromatic heterocycles. The van der Waals surface area contributed by atoms with Crippen molar-refractivity contribution in [3.8, 4) is 11.3 Å². The second kappa shape index (κ2) is 7.92. The molecule has 1 aromatic carbocycles. The number of esters is 1. The Morgan fingerprint density at radius 1 is 1.31 bits per heavy atom. The number of imide groups is 1. The Labute approximate surface area is 162 Å². The highest BCUT2D eigenvalue weighted by Gasteiger charge is 2.36. The lowest BCUT2D eigenvalue weighted by molar-refractivity contribution is -0.145. The molecule has 1 fully saturated rings. The number of amides is 2. The quantitative estimate of drug-likeness (QED) is 0.514. The third kappa shape index (κ3) is 4.08. The van der Waals surface area contributed by atoms with Crippen molar-refractivity contribution in [2.75, 3.05) is 13.2 Å². The maximum atomic E-state index is 12.3. The van der Waals surface area contributed by atoms with Crippen LogP contribution in [0.15, 0.2) is 50.2 Å². The van der Waals surface area contributed by atoms with E-state index in [1.165, 1.54) is 6.08 Å². The van der Waals surface area contributed by atoms with Crippen LogP contribution in [0.1, 0.15) is 12.7 Å². The van der Waals surface area contributed by atoms with Gasteiger partial charge in [-0.3, -0.25) is 19.3 Å². The van der Waals surface area contributed by atoms with Gasteiger partial charge in [0.05, 0.1) is 11.5 Å². The summed E-state index contributed by atoms with van der Waals surface area (Å²) in [5, 5.41) is -0.506. The normalized spacial score (nSPS) is 15.8. The fraction of sp³-hybridized carbons (Fsp3) is 0.167. The Morgan fingerprint density at radius 3 is 2.85 bits per heavy atom. The van der Waals surface area contributed by atoms with Gasteiger partial charge in [0.1, 0.15) is 18.1 Å². The second-order valence-corrected chi connectivity index (χ2v) is 7.19. The SMILES string of the molecule is CCOC(=O)CN1C(=O)S/C(=C\c2ccc(-c3cccc(Br)c3)o2)C1=O. The third-order valence-electron chi connectivity index (χ3n) is 3.48. The van der Waals surface area contributed by atoms with Crippen molar-refractivity contribution in [1.29, 1.82) is 0 Å². The van der Waals surface area contributed by atoms with Crippen LogP contribution in [0.3, 0.4) is 0 Å². The third-order valence-corrected chi connectivity index (χ3v) is 4.88. The van der Waals surface area contributed by atoms with Crippen LogP contribution in [0.2, 0.25) is 0 Å². The van der Waals surface area contributed by atoms with Crippen molar-refractivity contribution in [1.82, 2.24) is 4.90 Å². The molecule has 0 atom stereocenters. The Balaban J connectivity index is 1.77. The van der Waals surface area contributed by atoms with Crippen molar-refractivity contribution in [2.24, 2.45) is 0 Å². The van der Waals surface area contributed by atoms with Crippen molar-refractivity contribution in [3.05, 3.63) is 51.5 Å². The topological polar surface area (TPSA) is 76.8 Å². The number of rotatable bonds is 5. The van der Waals surface area contributed by atoms with Crippen LogP contribution in [0.5, 0.6) is 0 Å².